The minimum atomic E-state index is -0.813. The summed E-state index contributed by atoms with van der Waals surface area (Å²) in [4.78, 5) is 10.3. The van der Waals surface area contributed by atoms with Gasteiger partial charge in [-0.05, 0) is 32.1 Å². The summed E-state index contributed by atoms with van der Waals surface area (Å²) in [6, 6.07) is 0. The molecule has 0 aromatic carbocycles. The van der Waals surface area contributed by atoms with Crippen LogP contribution in [0.2, 0.25) is 0 Å². The van der Waals surface area contributed by atoms with Gasteiger partial charge in [-0.1, -0.05) is 56.2 Å². The SMILES string of the molecule is CCCCC/C=C\C/C=C\C=C\[C@H](O)CCCC(=O)O. The second kappa shape index (κ2) is 14.1. The first-order valence-electron chi connectivity index (χ1n) is 7.55. The van der Waals surface area contributed by atoms with E-state index < -0.39 is 12.1 Å². The maximum Gasteiger partial charge on any atom is 0.303 e. The Morgan fingerprint density at radius 2 is 1.90 bits per heavy atom. The maximum atomic E-state index is 10.3. The van der Waals surface area contributed by atoms with Crippen molar-refractivity contribution in [2.24, 2.45) is 0 Å². The first-order chi connectivity index (χ1) is 9.66. The molecule has 0 radical (unpaired) electrons. The fourth-order valence-corrected chi connectivity index (χ4v) is 1.71. The smallest absolute Gasteiger partial charge is 0.303 e. The van der Waals surface area contributed by atoms with Gasteiger partial charge in [0.25, 0.3) is 0 Å². The molecule has 0 amide bonds. The van der Waals surface area contributed by atoms with Crippen LogP contribution in [-0.4, -0.2) is 22.3 Å². The van der Waals surface area contributed by atoms with E-state index >= 15 is 0 Å². The monoisotopic (exact) mass is 280 g/mol. The van der Waals surface area contributed by atoms with E-state index in [4.69, 9.17) is 5.11 Å². The average Bonchev–Trinajstić information content (AvgIpc) is 2.40. The lowest BCUT2D eigenvalue weighted by molar-refractivity contribution is -0.137. The van der Waals surface area contributed by atoms with Crippen LogP contribution >= 0.6 is 0 Å². The summed E-state index contributed by atoms with van der Waals surface area (Å²) in [5, 5.41) is 18.0. The first-order valence-corrected chi connectivity index (χ1v) is 7.55. The zero-order valence-corrected chi connectivity index (χ0v) is 12.5. The van der Waals surface area contributed by atoms with E-state index in [0.29, 0.717) is 12.8 Å². The fourth-order valence-electron chi connectivity index (χ4n) is 1.71. The van der Waals surface area contributed by atoms with Crippen molar-refractivity contribution >= 4 is 5.97 Å². The van der Waals surface area contributed by atoms with Gasteiger partial charge in [0.15, 0.2) is 0 Å². The molecule has 0 rings (SSSR count). The van der Waals surface area contributed by atoms with E-state index in [2.05, 4.69) is 19.1 Å². The molecule has 0 fully saturated rings. The molecule has 0 aromatic heterocycles. The zero-order valence-electron chi connectivity index (χ0n) is 12.5. The molecule has 1 atom stereocenters. The average molecular weight is 280 g/mol. The second-order valence-corrected chi connectivity index (χ2v) is 4.87. The number of hydrogen-bond acceptors (Lipinski definition) is 2. The molecule has 0 heterocycles. The lowest BCUT2D eigenvalue weighted by Crippen LogP contribution is -2.03. The molecule has 0 unspecified atom stereocenters. The summed E-state index contributed by atoms with van der Waals surface area (Å²) in [6.45, 7) is 2.20. The van der Waals surface area contributed by atoms with Crippen molar-refractivity contribution in [1.29, 1.82) is 0 Å². The van der Waals surface area contributed by atoms with Crippen molar-refractivity contribution in [3.05, 3.63) is 36.5 Å². The van der Waals surface area contributed by atoms with Gasteiger partial charge in [0.05, 0.1) is 6.10 Å². The van der Waals surface area contributed by atoms with E-state index in [9.17, 15) is 9.90 Å². The Kier molecular flexibility index (Phi) is 13.1. The maximum absolute atomic E-state index is 10.3. The highest BCUT2D eigenvalue weighted by atomic mass is 16.4. The number of unbranched alkanes of at least 4 members (excludes halogenated alkanes) is 3. The largest absolute Gasteiger partial charge is 0.481 e. The van der Waals surface area contributed by atoms with Crippen molar-refractivity contribution in [2.45, 2.75) is 64.4 Å². The molecule has 0 aromatic rings. The molecule has 114 valence electrons. The van der Waals surface area contributed by atoms with Gasteiger partial charge in [-0.3, -0.25) is 4.79 Å². The molecule has 3 nitrogen and oxygen atoms in total. The molecule has 0 aliphatic heterocycles. The number of aliphatic hydroxyl groups excluding tert-OH is 1. The van der Waals surface area contributed by atoms with Crippen LogP contribution in [-0.2, 0) is 4.79 Å². The minimum Gasteiger partial charge on any atom is -0.481 e. The summed E-state index contributed by atoms with van der Waals surface area (Å²) in [5.74, 6) is -0.813. The van der Waals surface area contributed by atoms with Gasteiger partial charge in [0.1, 0.15) is 0 Å². The van der Waals surface area contributed by atoms with Gasteiger partial charge in [-0.25, -0.2) is 0 Å². The van der Waals surface area contributed by atoms with Gasteiger partial charge in [0, 0.05) is 6.42 Å². The van der Waals surface area contributed by atoms with Gasteiger partial charge >= 0.3 is 5.97 Å². The van der Waals surface area contributed by atoms with Crippen LogP contribution in [0, 0.1) is 0 Å². The Hall–Kier alpha value is -1.35. The Balaban J connectivity index is 3.57. The summed E-state index contributed by atoms with van der Waals surface area (Å²) >= 11 is 0. The Morgan fingerprint density at radius 3 is 2.60 bits per heavy atom. The van der Waals surface area contributed by atoms with Crippen LogP contribution in [0.25, 0.3) is 0 Å². The predicted octanol–water partition coefficient (Wildman–Crippen LogP) is 4.24. The van der Waals surface area contributed by atoms with Crippen molar-refractivity contribution < 1.29 is 15.0 Å². The van der Waals surface area contributed by atoms with Crippen LogP contribution in [0.4, 0.5) is 0 Å². The molecular formula is C17H28O3. The topological polar surface area (TPSA) is 57.5 Å². The van der Waals surface area contributed by atoms with Crippen molar-refractivity contribution in [3.63, 3.8) is 0 Å². The third-order valence-electron chi connectivity index (χ3n) is 2.88. The third kappa shape index (κ3) is 14.7. The van der Waals surface area contributed by atoms with Gasteiger partial charge < -0.3 is 10.2 Å². The molecule has 0 aliphatic carbocycles. The normalized spacial score (nSPS) is 13.7. The summed E-state index contributed by atoms with van der Waals surface area (Å²) in [7, 11) is 0. The van der Waals surface area contributed by atoms with Crippen LogP contribution in [0.15, 0.2) is 36.5 Å². The van der Waals surface area contributed by atoms with Gasteiger partial charge in [-0.15, -0.1) is 0 Å². The summed E-state index contributed by atoms with van der Waals surface area (Å²) in [5.41, 5.74) is 0. The fraction of sp³-hybridized carbons (Fsp3) is 0.588. The van der Waals surface area contributed by atoms with Crippen LogP contribution < -0.4 is 0 Å². The quantitative estimate of drug-likeness (QED) is 0.319. The predicted molar refractivity (Wildman–Crippen MR) is 83.7 cm³/mol. The number of hydrogen-bond donors (Lipinski definition) is 2. The van der Waals surface area contributed by atoms with Crippen LogP contribution in [0.3, 0.4) is 0 Å². The number of allylic oxidation sites excluding steroid dienone is 5. The van der Waals surface area contributed by atoms with Crippen molar-refractivity contribution in [3.8, 4) is 0 Å². The van der Waals surface area contributed by atoms with Crippen LogP contribution in [0.5, 0.6) is 0 Å². The highest BCUT2D eigenvalue weighted by Crippen LogP contribution is 2.03. The van der Waals surface area contributed by atoms with Gasteiger partial charge in [0.2, 0.25) is 0 Å². The Morgan fingerprint density at radius 1 is 1.10 bits per heavy atom. The molecule has 20 heavy (non-hydrogen) atoms. The van der Waals surface area contributed by atoms with Crippen molar-refractivity contribution in [1.82, 2.24) is 0 Å². The molecule has 0 aliphatic rings. The summed E-state index contributed by atoms with van der Waals surface area (Å²) < 4.78 is 0. The Labute approximate surface area is 122 Å². The minimum absolute atomic E-state index is 0.115. The highest BCUT2D eigenvalue weighted by Gasteiger charge is 2.01. The summed E-state index contributed by atoms with van der Waals surface area (Å²) in [6.07, 6.45) is 18.3. The number of rotatable bonds is 12. The second-order valence-electron chi connectivity index (χ2n) is 4.87. The molecule has 0 saturated carbocycles. The number of carboxylic acid groups (broad SMARTS) is 1. The lowest BCUT2D eigenvalue weighted by Gasteiger charge is -2.02. The molecule has 2 N–H and O–H groups in total. The molecule has 3 heteroatoms. The zero-order chi connectivity index (χ0) is 15.1. The molecule has 0 saturated heterocycles. The van der Waals surface area contributed by atoms with E-state index in [-0.39, 0.29) is 6.42 Å². The highest BCUT2D eigenvalue weighted by molar-refractivity contribution is 5.66. The Bertz CT molecular complexity index is 316. The standard InChI is InChI=1S/C17H28O3/c1-2-3-4-5-6-7-8-9-10-11-13-16(18)14-12-15-17(19)20/h6-7,9-11,13,16,18H,2-5,8,12,14-15H2,1H3,(H,19,20)/b7-6-,10-9-,13-11+/t16-/m0/s1. The third-order valence-corrected chi connectivity index (χ3v) is 2.88. The van der Waals surface area contributed by atoms with Crippen LogP contribution in [0.1, 0.15) is 58.3 Å². The van der Waals surface area contributed by atoms with E-state index in [1.807, 2.05) is 18.2 Å². The molecular weight excluding hydrogens is 252 g/mol. The van der Waals surface area contributed by atoms with E-state index in [0.717, 1.165) is 12.8 Å². The van der Waals surface area contributed by atoms with Gasteiger partial charge in [-0.2, -0.15) is 0 Å². The molecule has 0 spiro atoms. The molecule has 0 bridgehead atoms. The number of carboxylic acids is 1. The number of aliphatic hydroxyl groups is 1. The van der Waals surface area contributed by atoms with E-state index in [1.165, 1.54) is 19.3 Å². The van der Waals surface area contributed by atoms with E-state index in [1.54, 1.807) is 6.08 Å². The number of aliphatic carboxylic acids is 1. The number of carbonyl (C=O) groups is 1. The van der Waals surface area contributed by atoms with Crippen molar-refractivity contribution in [2.75, 3.05) is 0 Å². The first kappa shape index (κ1) is 18.7. The lowest BCUT2D eigenvalue weighted by atomic mass is 10.1.